The van der Waals surface area contributed by atoms with Gasteiger partial charge in [0.05, 0.1) is 6.61 Å². The molecule has 0 aliphatic carbocycles. The molecule has 3 heterocycles. The van der Waals surface area contributed by atoms with E-state index in [0.717, 1.165) is 30.4 Å². The van der Waals surface area contributed by atoms with Crippen LogP contribution in [0.3, 0.4) is 0 Å². The molecule has 1 fully saturated rings. The molecule has 3 rings (SSSR count). The second kappa shape index (κ2) is 5.68. The Morgan fingerprint density at radius 3 is 2.83 bits per heavy atom. The molecule has 0 aromatic carbocycles. The molecule has 8 heteroatoms. The maximum Gasteiger partial charge on any atom is 0.247 e. The highest BCUT2D eigenvalue weighted by Gasteiger charge is 2.29. The maximum atomic E-state index is 11.7. The normalized spacial score (nSPS) is 21.7. The smallest absolute Gasteiger partial charge is 0.247 e. The molecule has 0 amide bonds. The summed E-state index contributed by atoms with van der Waals surface area (Å²) >= 11 is 0. The molecule has 1 atom stereocenters. The second-order valence-corrected chi connectivity index (χ2v) is 8.35. The second-order valence-electron chi connectivity index (χ2n) is 6.44. The molecule has 7 nitrogen and oxygen atoms in total. The summed E-state index contributed by atoms with van der Waals surface area (Å²) in [7, 11) is -3.46. The van der Waals surface area contributed by atoms with E-state index in [9.17, 15) is 8.42 Å². The van der Waals surface area contributed by atoms with Crippen LogP contribution in [-0.4, -0.2) is 49.4 Å². The van der Waals surface area contributed by atoms with Crippen molar-refractivity contribution in [3.05, 3.63) is 18.0 Å². The number of aromatic nitrogens is 3. The first kappa shape index (κ1) is 16.1. The van der Waals surface area contributed by atoms with E-state index in [1.54, 1.807) is 0 Å². The number of fused-ring (bicyclic) bond motifs is 1. The van der Waals surface area contributed by atoms with Gasteiger partial charge in [0.25, 0.3) is 0 Å². The lowest BCUT2D eigenvalue weighted by Crippen LogP contribution is -2.27. The molecule has 23 heavy (non-hydrogen) atoms. The number of anilines is 1. The molecular formula is C15H20N4O3S. The highest BCUT2D eigenvalue weighted by molar-refractivity contribution is 7.90. The number of sulfone groups is 1. The Morgan fingerprint density at radius 1 is 1.39 bits per heavy atom. The molecule has 1 aliphatic rings. The Labute approximate surface area is 135 Å². The zero-order valence-electron chi connectivity index (χ0n) is 13.5. The van der Waals surface area contributed by atoms with Crippen LogP contribution >= 0.6 is 0 Å². The molecule has 1 unspecified atom stereocenters. The summed E-state index contributed by atoms with van der Waals surface area (Å²) in [4.78, 5) is 12.6. The van der Waals surface area contributed by atoms with Crippen LogP contribution in [-0.2, 0) is 14.6 Å². The Morgan fingerprint density at radius 2 is 2.17 bits per heavy atom. The molecule has 1 aliphatic heterocycles. The van der Waals surface area contributed by atoms with Gasteiger partial charge in [-0.1, -0.05) is 6.92 Å². The third kappa shape index (κ3) is 3.42. The van der Waals surface area contributed by atoms with E-state index in [0.29, 0.717) is 24.5 Å². The first-order chi connectivity index (χ1) is 10.8. The van der Waals surface area contributed by atoms with Gasteiger partial charge in [0, 0.05) is 42.1 Å². The highest BCUT2D eigenvalue weighted by Crippen LogP contribution is 2.29. The molecule has 0 spiro atoms. The molecular weight excluding hydrogens is 316 g/mol. The number of nitrogens with zero attached hydrogens (tertiary/aromatic N) is 3. The Hall–Kier alpha value is -1.80. The summed E-state index contributed by atoms with van der Waals surface area (Å²) in [6, 6.07) is 1.84. The van der Waals surface area contributed by atoms with Gasteiger partial charge in [-0.2, -0.15) is 0 Å². The van der Waals surface area contributed by atoms with Crippen LogP contribution in [0.2, 0.25) is 0 Å². The zero-order valence-corrected chi connectivity index (χ0v) is 14.3. The fourth-order valence-electron chi connectivity index (χ4n) is 2.60. The van der Waals surface area contributed by atoms with Gasteiger partial charge in [-0.25, -0.2) is 23.4 Å². The van der Waals surface area contributed by atoms with Crippen LogP contribution in [0.25, 0.3) is 10.9 Å². The summed E-state index contributed by atoms with van der Waals surface area (Å²) in [5.41, 5.74) is 1.39. The number of rotatable bonds is 4. The Balaban J connectivity index is 2.00. The third-order valence-corrected chi connectivity index (χ3v) is 4.85. The average Bonchev–Trinajstić information content (AvgIpc) is 2.90. The molecule has 1 N–H and O–H groups in total. The van der Waals surface area contributed by atoms with Gasteiger partial charge in [-0.05, 0) is 19.4 Å². The first-order valence-electron chi connectivity index (χ1n) is 7.43. The van der Waals surface area contributed by atoms with Gasteiger partial charge >= 0.3 is 0 Å². The van der Waals surface area contributed by atoms with Crippen molar-refractivity contribution in [1.82, 2.24) is 15.0 Å². The van der Waals surface area contributed by atoms with Crippen molar-refractivity contribution in [2.75, 3.05) is 31.3 Å². The van der Waals surface area contributed by atoms with Crippen molar-refractivity contribution in [3.8, 4) is 0 Å². The quantitative estimate of drug-likeness (QED) is 0.847. The van der Waals surface area contributed by atoms with Crippen molar-refractivity contribution < 1.29 is 13.2 Å². The van der Waals surface area contributed by atoms with Crippen LogP contribution in [0.15, 0.2) is 17.4 Å². The fourth-order valence-corrected chi connectivity index (χ4v) is 3.11. The summed E-state index contributed by atoms with van der Waals surface area (Å²) in [6.07, 6.45) is 3.60. The number of ether oxygens (including phenoxy) is 1. The topological polar surface area (TPSA) is 94.1 Å². The monoisotopic (exact) mass is 336 g/mol. The van der Waals surface area contributed by atoms with E-state index in [1.807, 2.05) is 13.0 Å². The van der Waals surface area contributed by atoms with Gasteiger partial charge in [0.15, 0.2) is 5.82 Å². The molecule has 0 bridgehead atoms. The van der Waals surface area contributed by atoms with E-state index in [1.165, 1.54) is 6.20 Å². The zero-order chi connectivity index (χ0) is 16.7. The minimum atomic E-state index is -3.46. The van der Waals surface area contributed by atoms with Crippen molar-refractivity contribution in [2.24, 2.45) is 5.41 Å². The van der Waals surface area contributed by atoms with E-state index < -0.39 is 9.84 Å². The van der Waals surface area contributed by atoms with Crippen molar-refractivity contribution in [1.29, 1.82) is 0 Å². The number of hydrogen-bond donors (Lipinski definition) is 1. The van der Waals surface area contributed by atoms with Crippen molar-refractivity contribution >= 4 is 26.6 Å². The van der Waals surface area contributed by atoms with E-state index >= 15 is 0 Å². The maximum absolute atomic E-state index is 11.7. The molecule has 2 aromatic rings. The average molecular weight is 336 g/mol. The number of aryl methyl sites for hydroxylation is 1. The number of nitrogens with one attached hydrogen (secondary N) is 1. The largest absolute Gasteiger partial charge is 0.381 e. The Bertz CT molecular complexity index is 845. The minimum Gasteiger partial charge on any atom is -0.381 e. The summed E-state index contributed by atoms with van der Waals surface area (Å²) in [6.45, 7) is 6.20. The number of pyridine rings is 1. The van der Waals surface area contributed by atoms with Gasteiger partial charge in [-0.3, -0.25) is 0 Å². The van der Waals surface area contributed by atoms with Gasteiger partial charge < -0.3 is 10.1 Å². The van der Waals surface area contributed by atoms with Crippen molar-refractivity contribution in [3.63, 3.8) is 0 Å². The molecule has 2 aromatic heterocycles. The molecule has 1 saturated heterocycles. The predicted octanol–water partition coefficient (Wildman–Crippen LogP) is 1.58. The minimum absolute atomic E-state index is 0.0461. The van der Waals surface area contributed by atoms with Crippen LogP contribution in [0, 0.1) is 12.3 Å². The van der Waals surface area contributed by atoms with Gasteiger partial charge in [0.2, 0.25) is 15.0 Å². The van der Waals surface area contributed by atoms with Gasteiger partial charge in [0.1, 0.15) is 5.52 Å². The molecule has 0 saturated carbocycles. The standard InChI is InChI=1S/C15H20N4O3S/c1-10-6-11-7-16-14(23(3,20)21)19-12(11)13(18-10)17-8-15(2)4-5-22-9-15/h6-7H,4-5,8-9H2,1-3H3,(H,17,18). The predicted molar refractivity (Wildman–Crippen MR) is 87.2 cm³/mol. The summed E-state index contributed by atoms with van der Waals surface area (Å²) in [5, 5.41) is 3.89. The lowest BCUT2D eigenvalue weighted by Gasteiger charge is -2.22. The van der Waals surface area contributed by atoms with Crippen LogP contribution < -0.4 is 5.32 Å². The Kier molecular flexibility index (Phi) is 3.97. The van der Waals surface area contributed by atoms with E-state index in [4.69, 9.17) is 4.74 Å². The van der Waals surface area contributed by atoms with Crippen LogP contribution in [0.5, 0.6) is 0 Å². The fraction of sp³-hybridized carbons (Fsp3) is 0.533. The SMILES string of the molecule is Cc1cc2cnc(S(C)(=O)=O)nc2c(NCC2(C)CCOC2)n1. The summed E-state index contributed by atoms with van der Waals surface area (Å²) in [5.74, 6) is 0.584. The third-order valence-electron chi connectivity index (χ3n) is 3.99. The van der Waals surface area contributed by atoms with Crippen LogP contribution in [0.4, 0.5) is 5.82 Å². The highest BCUT2D eigenvalue weighted by atomic mass is 32.2. The molecule has 124 valence electrons. The van der Waals surface area contributed by atoms with E-state index in [-0.39, 0.29) is 10.6 Å². The van der Waals surface area contributed by atoms with Crippen molar-refractivity contribution in [2.45, 2.75) is 25.4 Å². The summed E-state index contributed by atoms with van der Waals surface area (Å²) < 4.78 is 28.8. The molecule has 0 radical (unpaired) electrons. The lowest BCUT2D eigenvalue weighted by molar-refractivity contribution is 0.164. The lowest BCUT2D eigenvalue weighted by atomic mass is 9.90. The number of hydrogen-bond acceptors (Lipinski definition) is 7. The van der Waals surface area contributed by atoms with Crippen LogP contribution in [0.1, 0.15) is 19.0 Å². The first-order valence-corrected chi connectivity index (χ1v) is 9.32. The van der Waals surface area contributed by atoms with Gasteiger partial charge in [-0.15, -0.1) is 0 Å². The van der Waals surface area contributed by atoms with E-state index in [2.05, 4.69) is 27.2 Å².